The molecule has 1 fully saturated rings. The van der Waals surface area contributed by atoms with Crippen molar-refractivity contribution in [1.29, 1.82) is 0 Å². The molecule has 0 saturated heterocycles. The van der Waals surface area contributed by atoms with Gasteiger partial charge in [-0.25, -0.2) is 0 Å². The molecule has 0 N–H and O–H groups in total. The predicted octanol–water partition coefficient (Wildman–Crippen LogP) is 6.06. The normalized spacial score (nSPS) is 17.2. The molecule has 3 heteroatoms. The molecule has 1 saturated carbocycles. The van der Waals surface area contributed by atoms with Crippen LogP contribution in [0.1, 0.15) is 64.3 Å². The van der Waals surface area contributed by atoms with Crippen molar-refractivity contribution in [3.8, 4) is 0 Å². The number of nitrogens with zero attached hydrogens (tertiary/aromatic N) is 2. The predicted molar refractivity (Wildman–Crippen MR) is 112 cm³/mol. The SMILES string of the molecule is CC(C)/N=c1/scc(C2(c3ccc4ccccc4c3)CCC2)n1C(C)C. The maximum atomic E-state index is 4.90. The second-order valence-electron chi connectivity index (χ2n) is 8.09. The van der Waals surface area contributed by atoms with Gasteiger partial charge in [-0.15, -0.1) is 11.3 Å². The fourth-order valence-corrected chi connectivity index (χ4v) is 5.44. The van der Waals surface area contributed by atoms with Crippen molar-refractivity contribution >= 4 is 22.1 Å². The molecule has 0 radical (unpaired) electrons. The fourth-order valence-electron chi connectivity index (χ4n) is 4.19. The Labute approximate surface area is 160 Å². The quantitative estimate of drug-likeness (QED) is 0.535. The molecule has 0 spiro atoms. The largest absolute Gasteiger partial charge is 0.318 e. The van der Waals surface area contributed by atoms with Crippen LogP contribution in [0.25, 0.3) is 10.8 Å². The molecule has 2 nitrogen and oxygen atoms in total. The van der Waals surface area contributed by atoms with Crippen molar-refractivity contribution in [1.82, 2.24) is 4.57 Å². The second-order valence-corrected chi connectivity index (χ2v) is 8.92. The van der Waals surface area contributed by atoms with E-state index >= 15 is 0 Å². The summed E-state index contributed by atoms with van der Waals surface area (Å²) in [4.78, 5) is 6.06. The minimum absolute atomic E-state index is 0.148. The van der Waals surface area contributed by atoms with Crippen LogP contribution in [0.5, 0.6) is 0 Å². The highest BCUT2D eigenvalue weighted by Gasteiger charge is 2.43. The molecule has 26 heavy (non-hydrogen) atoms. The molecular weight excluding hydrogens is 336 g/mol. The summed E-state index contributed by atoms with van der Waals surface area (Å²) < 4.78 is 2.49. The Morgan fingerprint density at radius 3 is 2.35 bits per heavy atom. The second kappa shape index (κ2) is 6.70. The standard InChI is InChI=1S/C23H28N2S/c1-16(2)24-22-25(17(3)4)21(15-26-22)23(12-7-13-23)20-11-10-18-8-5-6-9-19(18)14-20/h5-6,8-11,14-17H,7,12-13H2,1-4H3/b24-22+. The van der Waals surface area contributed by atoms with Gasteiger partial charge in [0.05, 0.1) is 0 Å². The van der Waals surface area contributed by atoms with Crippen LogP contribution in [0.15, 0.2) is 52.8 Å². The van der Waals surface area contributed by atoms with Crippen LogP contribution in [-0.4, -0.2) is 10.6 Å². The zero-order valence-electron chi connectivity index (χ0n) is 16.2. The monoisotopic (exact) mass is 364 g/mol. The van der Waals surface area contributed by atoms with Crippen LogP contribution in [0.2, 0.25) is 0 Å². The molecule has 4 rings (SSSR count). The lowest BCUT2D eigenvalue weighted by Gasteiger charge is -2.43. The Morgan fingerprint density at radius 2 is 1.73 bits per heavy atom. The maximum absolute atomic E-state index is 4.90. The van der Waals surface area contributed by atoms with Crippen LogP contribution in [0.3, 0.4) is 0 Å². The van der Waals surface area contributed by atoms with Gasteiger partial charge < -0.3 is 4.57 Å². The molecule has 0 atom stereocenters. The summed E-state index contributed by atoms with van der Waals surface area (Å²) in [6.45, 7) is 8.88. The third-order valence-electron chi connectivity index (χ3n) is 5.63. The molecular formula is C23H28N2S. The molecule has 0 amide bonds. The average Bonchev–Trinajstić information content (AvgIpc) is 2.97. The number of hydrogen-bond acceptors (Lipinski definition) is 2. The average molecular weight is 365 g/mol. The van der Waals surface area contributed by atoms with Gasteiger partial charge in [0.15, 0.2) is 4.80 Å². The first-order valence-corrected chi connectivity index (χ1v) is 10.6. The van der Waals surface area contributed by atoms with Crippen molar-refractivity contribution in [2.45, 2.75) is 64.5 Å². The summed E-state index contributed by atoms with van der Waals surface area (Å²) >= 11 is 1.80. The highest BCUT2D eigenvalue weighted by molar-refractivity contribution is 7.07. The van der Waals surface area contributed by atoms with Crippen LogP contribution < -0.4 is 4.80 Å². The minimum Gasteiger partial charge on any atom is -0.318 e. The molecule has 1 aliphatic rings. The summed E-state index contributed by atoms with van der Waals surface area (Å²) in [5.74, 6) is 0. The Morgan fingerprint density at radius 1 is 1.00 bits per heavy atom. The van der Waals surface area contributed by atoms with Gasteiger partial charge >= 0.3 is 0 Å². The first-order valence-electron chi connectivity index (χ1n) is 9.75. The maximum Gasteiger partial charge on any atom is 0.185 e. The van der Waals surface area contributed by atoms with E-state index in [0.717, 1.165) is 4.80 Å². The molecule has 136 valence electrons. The molecule has 3 aromatic rings. The third-order valence-corrected chi connectivity index (χ3v) is 6.48. The fraction of sp³-hybridized carbons (Fsp3) is 0.435. The Kier molecular flexibility index (Phi) is 4.52. The van der Waals surface area contributed by atoms with Gasteiger partial charge in [0.25, 0.3) is 0 Å². The third kappa shape index (κ3) is 2.83. The van der Waals surface area contributed by atoms with E-state index in [0.29, 0.717) is 12.1 Å². The van der Waals surface area contributed by atoms with Crippen LogP contribution >= 0.6 is 11.3 Å². The molecule has 1 aliphatic carbocycles. The molecule has 1 heterocycles. The van der Waals surface area contributed by atoms with E-state index in [1.54, 1.807) is 11.3 Å². The van der Waals surface area contributed by atoms with Crippen molar-refractivity contribution in [2.75, 3.05) is 0 Å². The van der Waals surface area contributed by atoms with E-state index in [4.69, 9.17) is 4.99 Å². The smallest absolute Gasteiger partial charge is 0.185 e. The summed E-state index contributed by atoms with van der Waals surface area (Å²) in [6, 6.07) is 16.5. The lowest BCUT2D eigenvalue weighted by atomic mass is 9.62. The molecule has 2 aromatic carbocycles. The van der Waals surface area contributed by atoms with Crippen LogP contribution in [-0.2, 0) is 5.41 Å². The van der Waals surface area contributed by atoms with E-state index in [-0.39, 0.29) is 5.41 Å². The summed E-state index contributed by atoms with van der Waals surface area (Å²) in [7, 11) is 0. The number of benzene rings is 2. The molecule has 1 aromatic heterocycles. The topological polar surface area (TPSA) is 17.3 Å². The van der Waals surface area contributed by atoms with Crippen molar-refractivity contribution < 1.29 is 0 Å². The lowest BCUT2D eigenvalue weighted by Crippen LogP contribution is -2.39. The number of rotatable bonds is 4. The van der Waals surface area contributed by atoms with Gasteiger partial charge in [0.2, 0.25) is 0 Å². The number of fused-ring (bicyclic) bond motifs is 1. The van der Waals surface area contributed by atoms with Gasteiger partial charge in [-0.05, 0) is 56.9 Å². The van der Waals surface area contributed by atoms with Gasteiger partial charge in [0, 0.05) is 28.6 Å². The van der Waals surface area contributed by atoms with Gasteiger partial charge in [-0.2, -0.15) is 0 Å². The van der Waals surface area contributed by atoms with E-state index in [9.17, 15) is 0 Å². The number of hydrogen-bond donors (Lipinski definition) is 0. The zero-order valence-corrected chi connectivity index (χ0v) is 17.0. The van der Waals surface area contributed by atoms with E-state index in [2.05, 4.69) is 80.1 Å². The summed E-state index contributed by atoms with van der Waals surface area (Å²) in [5.41, 5.74) is 3.07. The van der Waals surface area contributed by atoms with Crippen molar-refractivity contribution in [2.24, 2.45) is 4.99 Å². The van der Waals surface area contributed by atoms with E-state index in [1.165, 1.54) is 41.3 Å². The van der Waals surface area contributed by atoms with Gasteiger partial charge in [-0.1, -0.05) is 48.9 Å². The van der Waals surface area contributed by atoms with E-state index in [1.807, 2.05) is 0 Å². The Hall–Kier alpha value is -1.87. The number of thiazole rings is 1. The first kappa shape index (κ1) is 17.5. The molecule has 0 aliphatic heterocycles. The Bertz CT molecular complexity index is 987. The van der Waals surface area contributed by atoms with E-state index < -0.39 is 0 Å². The summed E-state index contributed by atoms with van der Waals surface area (Å²) in [5, 5.41) is 5.04. The number of aromatic nitrogens is 1. The van der Waals surface area contributed by atoms with Crippen LogP contribution in [0.4, 0.5) is 0 Å². The first-order chi connectivity index (χ1) is 12.5. The van der Waals surface area contributed by atoms with Crippen molar-refractivity contribution in [3.63, 3.8) is 0 Å². The van der Waals surface area contributed by atoms with Crippen molar-refractivity contribution in [3.05, 3.63) is 63.9 Å². The summed E-state index contributed by atoms with van der Waals surface area (Å²) in [6.07, 6.45) is 3.77. The van der Waals surface area contributed by atoms with Gasteiger partial charge in [0.1, 0.15) is 0 Å². The molecule has 0 unspecified atom stereocenters. The highest BCUT2D eigenvalue weighted by Crippen LogP contribution is 2.50. The lowest BCUT2D eigenvalue weighted by molar-refractivity contribution is 0.278. The molecule has 0 bridgehead atoms. The Balaban J connectivity index is 1.90. The minimum atomic E-state index is 0.148. The highest BCUT2D eigenvalue weighted by atomic mass is 32.1. The zero-order chi connectivity index (χ0) is 18.3. The van der Waals surface area contributed by atoms with Gasteiger partial charge in [-0.3, -0.25) is 4.99 Å². The van der Waals surface area contributed by atoms with Crippen LogP contribution in [0, 0.1) is 0 Å².